The molecule has 2 N–H and O–H groups in total. The van der Waals surface area contributed by atoms with Crippen LogP contribution < -0.4 is 5.73 Å². The fourth-order valence-corrected chi connectivity index (χ4v) is 2.41. The van der Waals surface area contributed by atoms with Crippen LogP contribution in [0.2, 0.25) is 0 Å². The second-order valence-corrected chi connectivity index (χ2v) is 6.87. The molecule has 0 radical (unpaired) electrons. The zero-order valence-electron chi connectivity index (χ0n) is 9.85. The number of nitrogens with two attached hydrogens (primary N) is 1. The number of nitrogens with zero attached hydrogens (tertiary/aromatic N) is 1. The minimum absolute atomic E-state index is 0.291. The van der Waals surface area contributed by atoms with Crippen LogP contribution in [0.3, 0.4) is 0 Å². The topological polar surface area (TPSA) is 80.5 Å². The van der Waals surface area contributed by atoms with Gasteiger partial charge in [-0.2, -0.15) is 0 Å². The van der Waals surface area contributed by atoms with E-state index >= 15 is 0 Å². The highest BCUT2D eigenvalue weighted by Gasteiger charge is 2.31. The molecule has 1 saturated heterocycles. The van der Waals surface area contributed by atoms with Crippen LogP contribution in [0.1, 0.15) is 19.8 Å². The molecule has 1 amide bonds. The van der Waals surface area contributed by atoms with Crippen molar-refractivity contribution in [3.63, 3.8) is 0 Å². The molecule has 2 unspecified atom stereocenters. The Kier molecular flexibility index (Phi) is 4.32. The first-order chi connectivity index (χ1) is 7.36. The third kappa shape index (κ3) is 3.18. The van der Waals surface area contributed by atoms with E-state index < -0.39 is 15.1 Å². The highest BCUT2D eigenvalue weighted by Crippen LogP contribution is 2.17. The number of hydrogen-bond acceptors (Lipinski definition) is 4. The molecule has 6 heteroatoms. The predicted molar refractivity (Wildman–Crippen MR) is 62.7 cm³/mol. The molecular formula is C10H20N2O3S. The lowest BCUT2D eigenvalue weighted by Crippen LogP contribution is -2.47. The first-order valence-electron chi connectivity index (χ1n) is 5.54. The van der Waals surface area contributed by atoms with Gasteiger partial charge in [-0.15, -0.1) is 0 Å². The zero-order valence-corrected chi connectivity index (χ0v) is 10.7. The second kappa shape index (κ2) is 5.14. The number of sulfone groups is 1. The standard InChI is InChI=1S/C10H20N2O3S/c1-8(16(2,14)15)10(13)12-5-3-4-9(6-11)7-12/h8-9H,3-7,11H2,1-2H3. The summed E-state index contributed by atoms with van der Waals surface area (Å²) < 4.78 is 22.6. The third-order valence-electron chi connectivity index (χ3n) is 3.15. The molecule has 0 saturated carbocycles. The van der Waals surface area contributed by atoms with Gasteiger partial charge in [0.15, 0.2) is 9.84 Å². The zero-order chi connectivity index (χ0) is 12.3. The van der Waals surface area contributed by atoms with Gasteiger partial charge in [-0.05, 0) is 32.2 Å². The minimum atomic E-state index is -3.30. The van der Waals surface area contributed by atoms with Crippen molar-refractivity contribution in [2.45, 2.75) is 25.0 Å². The molecule has 94 valence electrons. The number of rotatable bonds is 3. The summed E-state index contributed by atoms with van der Waals surface area (Å²) in [5, 5.41) is -0.941. The molecule has 1 aliphatic heterocycles. The summed E-state index contributed by atoms with van der Waals surface area (Å²) in [7, 11) is -3.30. The molecule has 5 nitrogen and oxygen atoms in total. The first-order valence-corrected chi connectivity index (χ1v) is 7.49. The summed E-state index contributed by atoms with van der Waals surface area (Å²) in [6.45, 7) is 3.24. The van der Waals surface area contributed by atoms with Crippen molar-refractivity contribution < 1.29 is 13.2 Å². The molecule has 0 aromatic heterocycles. The summed E-state index contributed by atoms with van der Waals surface area (Å²) in [6.07, 6.45) is 3.03. The van der Waals surface area contributed by atoms with Crippen LogP contribution in [0, 0.1) is 5.92 Å². The maximum absolute atomic E-state index is 11.9. The van der Waals surface area contributed by atoms with Crippen LogP contribution in [-0.4, -0.2) is 50.4 Å². The Morgan fingerprint density at radius 1 is 1.56 bits per heavy atom. The number of likely N-dealkylation sites (tertiary alicyclic amines) is 1. The average molecular weight is 248 g/mol. The van der Waals surface area contributed by atoms with Gasteiger partial charge < -0.3 is 10.6 Å². The van der Waals surface area contributed by atoms with Gasteiger partial charge in [0.2, 0.25) is 5.91 Å². The molecule has 0 aliphatic carbocycles. The van der Waals surface area contributed by atoms with Crippen LogP contribution in [0.4, 0.5) is 0 Å². The monoisotopic (exact) mass is 248 g/mol. The lowest BCUT2D eigenvalue weighted by atomic mass is 9.98. The van der Waals surface area contributed by atoms with E-state index in [2.05, 4.69) is 0 Å². The number of carbonyl (C=O) groups excluding carboxylic acids is 1. The first kappa shape index (κ1) is 13.4. The van der Waals surface area contributed by atoms with Gasteiger partial charge in [0.25, 0.3) is 0 Å². The Morgan fingerprint density at radius 2 is 2.19 bits per heavy atom. The lowest BCUT2D eigenvalue weighted by Gasteiger charge is -2.33. The van der Waals surface area contributed by atoms with Crippen molar-refractivity contribution in [1.82, 2.24) is 4.90 Å². The van der Waals surface area contributed by atoms with E-state index in [-0.39, 0.29) is 5.91 Å². The Morgan fingerprint density at radius 3 is 2.69 bits per heavy atom. The minimum Gasteiger partial charge on any atom is -0.341 e. The second-order valence-electron chi connectivity index (χ2n) is 4.50. The van der Waals surface area contributed by atoms with E-state index in [4.69, 9.17) is 5.73 Å². The van der Waals surface area contributed by atoms with Crippen molar-refractivity contribution in [3.8, 4) is 0 Å². The number of hydrogen-bond donors (Lipinski definition) is 1. The summed E-state index contributed by atoms with van der Waals surface area (Å²) in [5.41, 5.74) is 5.57. The van der Waals surface area contributed by atoms with Gasteiger partial charge in [-0.25, -0.2) is 8.42 Å². The molecule has 1 fully saturated rings. The highest BCUT2D eigenvalue weighted by atomic mass is 32.2. The maximum Gasteiger partial charge on any atom is 0.240 e. The van der Waals surface area contributed by atoms with Crippen LogP contribution in [0.15, 0.2) is 0 Å². The van der Waals surface area contributed by atoms with E-state index in [1.54, 1.807) is 4.90 Å². The van der Waals surface area contributed by atoms with Gasteiger partial charge in [0.1, 0.15) is 5.25 Å². The van der Waals surface area contributed by atoms with Crippen LogP contribution in [0.5, 0.6) is 0 Å². The molecule has 0 aromatic rings. The molecule has 1 rings (SSSR count). The van der Waals surface area contributed by atoms with Gasteiger partial charge in [0, 0.05) is 19.3 Å². The van der Waals surface area contributed by atoms with Crippen molar-refractivity contribution in [1.29, 1.82) is 0 Å². The van der Waals surface area contributed by atoms with Gasteiger partial charge in [0.05, 0.1) is 0 Å². The van der Waals surface area contributed by atoms with Crippen LogP contribution in [0.25, 0.3) is 0 Å². The summed E-state index contributed by atoms with van der Waals surface area (Å²) in [5.74, 6) is 0.0186. The fourth-order valence-electron chi connectivity index (χ4n) is 1.90. The Balaban J connectivity index is 2.67. The van der Waals surface area contributed by atoms with E-state index in [1.165, 1.54) is 6.92 Å². The van der Waals surface area contributed by atoms with Crippen molar-refractivity contribution in [2.24, 2.45) is 11.7 Å². The Bertz CT molecular complexity index is 353. The molecule has 0 bridgehead atoms. The molecular weight excluding hydrogens is 228 g/mol. The fraction of sp³-hybridized carbons (Fsp3) is 0.900. The van der Waals surface area contributed by atoms with Gasteiger partial charge in [-0.3, -0.25) is 4.79 Å². The number of piperidine rings is 1. The quantitative estimate of drug-likeness (QED) is 0.738. The van der Waals surface area contributed by atoms with E-state index in [0.717, 1.165) is 19.1 Å². The molecule has 0 aromatic carbocycles. The van der Waals surface area contributed by atoms with E-state index in [9.17, 15) is 13.2 Å². The highest BCUT2D eigenvalue weighted by molar-refractivity contribution is 7.92. The smallest absolute Gasteiger partial charge is 0.240 e. The normalized spacial score (nSPS) is 24.2. The van der Waals surface area contributed by atoms with E-state index in [1.807, 2.05) is 0 Å². The Hall–Kier alpha value is -0.620. The average Bonchev–Trinajstić information content (AvgIpc) is 2.26. The SMILES string of the molecule is CC(C(=O)N1CCCC(CN)C1)S(C)(=O)=O. The third-order valence-corrected chi connectivity index (χ3v) is 4.64. The number of carbonyl (C=O) groups is 1. The van der Waals surface area contributed by atoms with Crippen molar-refractivity contribution >= 4 is 15.7 Å². The lowest BCUT2D eigenvalue weighted by molar-refractivity contribution is -0.132. The van der Waals surface area contributed by atoms with Crippen molar-refractivity contribution in [2.75, 3.05) is 25.9 Å². The largest absolute Gasteiger partial charge is 0.341 e. The molecule has 2 atom stereocenters. The molecule has 0 spiro atoms. The molecule has 1 heterocycles. The number of amides is 1. The van der Waals surface area contributed by atoms with Crippen LogP contribution in [-0.2, 0) is 14.6 Å². The molecule has 16 heavy (non-hydrogen) atoms. The van der Waals surface area contributed by atoms with E-state index in [0.29, 0.717) is 25.6 Å². The predicted octanol–water partition coefficient (Wildman–Crippen LogP) is -0.383. The van der Waals surface area contributed by atoms with Crippen LogP contribution >= 0.6 is 0 Å². The van der Waals surface area contributed by atoms with Crippen molar-refractivity contribution in [3.05, 3.63) is 0 Å². The Labute approximate surface area is 96.9 Å². The summed E-state index contributed by atoms with van der Waals surface area (Å²) >= 11 is 0. The van der Waals surface area contributed by atoms with Gasteiger partial charge >= 0.3 is 0 Å². The van der Waals surface area contributed by atoms with Gasteiger partial charge in [-0.1, -0.05) is 0 Å². The molecule has 1 aliphatic rings. The summed E-state index contributed by atoms with van der Waals surface area (Å²) in [6, 6.07) is 0. The maximum atomic E-state index is 11.9. The summed E-state index contributed by atoms with van der Waals surface area (Å²) in [4.78, 5) is 13.5.